The van der Waals surface area contributed by atoms with Crippen LogP contribution >= 0.6 is 7.82 Å². The van der Waals surface area contributed by atoms with Gasteiger partial charge in [0.1, 0.15) is 0 Å². The lowest BCUT2D eigenvalue weighted by Gasteiger charge is -2.27. The number of hydrogen-bond acceptors (Lipinski definition) is 5. The summed E-state index contributed by atoms with van der Waals surface area (Å²) in [6.07, 6.45) is -0.702. The Labute approximate surface area is 98.0 Å². The van der Waals surface area contributed by atoms with E-state index in [1.54, 1.807) is 0 Å². The molecule has 0 aromatic carbocycles. The molecule has 1 aliphatic rings. The number of phosphoric ester groups is 1. The molecule has 0 unspecified atom stereocenters. The summed E-state index contributed by atoms with van der Waals surface area (Å²) >= 11 is 0. The molecule has 0 aliphatic heterocycles. The molecule has 0 amide bonds. The van der Waals surface area contributed by atoms with Crippen LogP contribution in [0.3, 0.4) is 0 Å². The summed E-state index contributed by atoms with van der Waals surface area (Å²) < 4.78 is 50.6. The van der Waals surface area contributed by atoms with Crippen molar-refractivity contribution in [3.8, 4) is 0 Å². The SMILES string of the molecule is COP(=O)(OC)OC(=O)C1CCC(F)(F)CC1. The van der Waals surface area contributed by atoms with Crippen LogP contribution in [0.2, 0.25) is 0 Å². The van der Waals surface area contributed by atoms with Crippen molar-refractivity contribution in [3.63, 3.8) is 0 Å². The Morgan fingerprint density at radius 2 is 1.71 bits per heavy atom. The molecule has 0 radical (unpaired) electrons. The summed E-state index contributed by atoms with van der Waals surface area (Å²) in [6.45, 7) is 0. The molecule has 5 nitrogen and oxygen atoms in total. The minimum atomic E-state index is -3.87. The minimum Gasteiger partial charge on any atom is -0.370 e. The third-order valence-electron chi connectivity index (χ3n) is 2.70. The van der Waals surface area contributed by atoms with E-state index in [1.807, 2.05) is 0 Å². The number of hydrogen-bond donors (Lipinski definition) is 0. The van der Waals surface area contributed by atoms with Crippen molar-refractivity contribution in [2.45, 2.75) is 31.6 Å². The maximum Gasteiger partial charge on any atom is 0.531 e. The van der Waals surface area contributed by atoms with Crippen LogP contribution in [0.5, 0.6) is 0 Å². The maximum atomic E-state index is 12.9. The quantitative estimate of drug-likeness (QED) is 0.736. The first-order valence-corrected chi connectivity index (χ1v) is 6.61. The number of rotatable bonds is 4. The van der Waals surface area contributed by atoms with Crippen LogP contribution in [0.15, 0.2) is 0 Å². The first-order chi connectivity index (χ1) is 7.82. The zero-order valence-corrected chi connectivity index (χ0v) is 10.5. The van der Waals surface area contributed by atoms with Crippen LogP contribution in [0, 0.1) is 5.92 Å². The van der Waals surface area contributed by atoms with E-state index in [0.717, 1.165) is 14.2 Å². The molecule has 0 bridgehead atoms. The van der Waals surface area contributed by atoms with Crippen molar-refractivity contribution < 1.29 is 31.7 Å². The molecule has 100 valence electrons. The Morgan fingerprint density at radius 1 is 1.24 bits per heavy atom. The van der Waals surface area contributed by atoms with Gasteiger partial charge in [0.2, 0.25) is 5.92 Å². The normalized spacial score (nSPS) is 21.2. The highest BCUT2D eigenvalue weighted by Crippen LogP contribution is 2.49. The van der Waals surface area contributed by atoms with Gasteiger partial charge in [-0.1, -0.05) is 0 Å². The summed E-state index contributed by atoms with van der Waals surface area (Å²) in [5.41, 5.74) is 0. The van der Waals surface area contributed by atoms with Crippen molar-refractivity contribution in [1.29, 1.82) is 0 Å². The van der Waals surface area contributed by atoms with Crippen molar-refractivity contribution in [2.24, 2.45) is 5.92 Å². The van der Waals surface area contributed by atoms with E-state index < -0.39 is 25.6 Å². The van der Waals surface area contributed by atoms with Crippen molar-refractivity contribution in [2.75, 3.05) is 14.2 Å². The largest absolute Gasteiger partial charge is 0.531 e. The van der Waals surface area contributed by atoms with Gasteiger partial charge in [0.05, 0.1) is 5.92 Å². The standard InChI is InChI=1S/C9H15F2O5P/c1-14-17(13,15-2)16-8(12)7-3-5-9(10,11)6-4-7/h7H,3-6H2,1-2H3. The molecule has 0 heterocycles. The Hall–Kier alpha value is -0.520. The second kappa shape index (κ2) is 5.42. The van der Waals surface area contributed by atoms with Gasteiger partial charge < -0.3 is 4.52 Å². The molecule has 1 saturated carbocycles. The maximum absolute atomic E-state index is 12.9. The van der Waals surface area contributed by atoms with Gasteiger partial charge in [-0.2, -0.15) is 0 Å². The van der Waals surface area contributed by atoms with E-state index in [2.05, 4.69) is 13.6 Å². The van der Waals surface area contributed by atoms with Crippen molar-refractivity contribution in [3.05, 3.63) is 0 Å². The van der Waals surface area contributed by atoms with E-state index >= 15 is 0 Å². The van der Waals surface area contributed by atoms with Crippen LogP contribution in [-0.4, -0.2) is 26.1 Å². The smallest absolute Gasteiger partial charge is 0.370 e. The van der Waals surface area contributed by atoms with Gasteiger partial charge in [0.25, 0.3) is 0 Å². The number of alkyl halides is 2. The van der Waals surface area contributed by atoms with Crippen LogP contribution in [0.25, 0.3) is 0 Å². The first kappa shape index (κ1) is 14.5. The average molecular weight is 272 g/mol. The molecule has 0 aromatic heterocycles. The fourth-order valence-corrected chi connectivity index (χ4v) is 2.28. The molecule has 1 aliphatic carbocycles. The highest BCUT2D eigenvalue weighted by Gasteiger charge is 2.40. The molecule has 0 saturated heterocycles. The van der Waals surface area contributed by atoms with E-state index in [-0.39, 0.29) is 25.7 Å². The fourth-order valence-electron chi connectivity index (χ4n) is 1.61. The van der Waals surface area contributed by atoms with Gasteiger partial charge in [-0.25, -0.2) is 13.3 Å². The number of halogens is 2. The molecular formula is C9H15F2O5P. The number of carbonyl (C=O) groups excluding carboxylic acids is 1. The molecule has 0 aromatic rings. The summed E-state index contributed by atoms with van der Waals surface area (Å²) in [5.74, 6) is -4.20. The fraction of sp³-hybridized carbons (Fsp3) is 0.889. The molecule has 8 heteroatoms. The predicted molar refractivity (Wildman–Crippen MR) is 54.6 cm³/mol. The summed E-state index contributed by atoms with van der Waals surface area (Å²) in [7, 11) is -1.72. The zero-order chi connectivity index (χ0) is 13.1. The average Bonchev–Trinajstić information content (AvgIpc) is 2.28. The van der Waals surface area contributed by atoms with Crippen LogP contribution in [-0.2, 0) is 22.9 Å². The lowest BCUT2D eigenvalue weighted by Crippen LogP contribution is -2.29. The number of carbonyl (C=O) groups is 1. The second-order valence-electron chi connectivity index (χ2n) is 3.85. The summed E-state index contributed by atoms with van der Waals surface area (Å²) in [6, 6.07) is 0. The second-order valence-corrected chi connectivity index (χ2v) is 5.66. The molecule has 17 heavy (non-hydrogen) atoms. The van der Waals surface area contributed by atoms with Crippen molar-refractivity contribution >= 4 is 13.8 Å². The summed E-state index contributed by atoms with van der Waals surface area (Å²) in [4.78, 5) is 11.5. The zero-order valence-electron chi connectivity index (χ0n) is 9.65. The van der Waals surface area contributed by atoms with Gasteiger partial charge in [-0.05, 0) is 12.8 Å². The Morgan fingerprint density at radius 3 is 2.12 bits per heavy atom. The Kier molecular flexibility index (Phi) is 4.63. The lowest BCUT2D eigenvalue weighted by atomic mass is 9.87. The first-order valence-electron chi connectivity index (χ1n) is 5.15. The van der Waals surface area contributed by atoms with Crippen LogP contribution in [0.1, 0.15) is 25.7 Å². The van der Waals surface area contributed by atoms with E-state index in [1.165, 1.54) is 0 Å². The van der Waals surface area contributed by atoms with E-state index in [9.17, 15) is 18.1 Å². The molecule has 0 atom stereocenters. The third kappa shape index (κ3) is 4.01. The van der Waals surface area contributed by atoms with Gasteiger partial charge in [-0.3, -0.25) is 13.8 Å². The monoisotopic (exact) mass is 272 g/mol. The third-order valence-corrected chi connectivity index (χ3v) is 4.00. The van der Waals surface area contributed by atoms with Gasteiger partial charge in [0.15, 0.2) is 0 Å². The minimum absolute atomic E-state index is 0.0132. The lowest BCUT2D eigenvalue weighted by molar-refractivity contribution is -0.144. The van der Waals surface area contributed by atoms with Crippen LogP contribution < -0.4 is 0 Å². The highest BCUT2D eigenvalue weighted by atomic mass is 31.2. The summed E-state index contributed by atoms with van der Waals surface area (Å²) in [5, 5.41) is 0. The van der Waals surface area contributed by atoms with Gasteiger partial charge in [0, 0.05) is 27.1 Å². The Bertz CT molecular complexity index is 315. The van der Waals surface area contributed by atoms with Gasteiger partial charge >= 0.3 is 13.8 Å². The molecule has 1 fully saturated rings. The Balaban J connectivity index is 2.53. The molecule has 0 spiro atoms. The molecular weight excluding hydrogens is 257 g/mol. The topological polar surface area (TPSA) is 61.8 Å². The molecule has 1 rings (SSSR count). The van der Waals surface area contributed by atoms with Crippen LogP contribution in [0.4, 0.5) is 8.78 Å². The van der Waals surface area contributed by atoms with Gasteiger partial charge in [-0.15, -0.1) is 0 Å². The van der Waals surface area contributed by atoms with E-state index in [4.69, 9.17) is 0 Å². The molecule has 0 N–H and O–H groups in total. The predicted octanol–water partition coefficient (Wildman–Crippen LogP) is 2.76. The number of phosphoric acid groups is 1. The highest BCUT2D eigenvalue weighted by molar-refractivity contribution is 7.49. The van der Waals surface area contributed by atoms with E-state index in [0.29, 0.717) is 0 Å². The van der Waals surface area contributed by atoms with Crippen molar-refractivity contribution in [1.82, 2.24) is 0 Å².